The van der Waals surface area contributed by atoms with Crippen LogP contribution in [-0.4, -0.2) is 6.10 Å². The van der Waals surface area contributed by atoms with Crippen molar-refractivity contribution in [2.75, 3.05) is 0 Å². The standard InChI is InChI=1S/C12H15FO/c1-7-6-10-5-4-8(2)14-12(10)11(13)9(7)3/h6,8H,4-5H2,1-3H3. The van der Waals surface area contributed by atoms with Crippen molar-refractivity contribution < 1.29 is 9.13 Å². The van der Waals surface area contributed by atoms with Gasteiger partial charge in [0.25, 0.3) is 0 Å². The molecule has 0 fully saturated rings. The molecule has 1 unspecified atom stereocenters. The summed E-state index contributed by atoms with van der Waals surface area (Å²) in [5.41, 5.74) is 2.74. The van der Waals surface area contributed by atoms with Gasteiger partial charge in [0, 0.05) is 0 Å². The first-order valence-electron chi connectivity index (χ1n) is 5.05. The Hall–Kier alpha value is -1.05. The fourth-order valence-corrected chi connectivity index (χ4v) is 1.85. The molecule has 2 rings (SSSR count). The summed E-state index contributed by atoms with van der Waals surface area (Å²) in [5, 5.41) is 0. The summed E-state index contributed by atoms with van der Waals surface area (Å²) in [4.78, 5) is 0. The SMILES string of the molecule is Cc1cc2c(c(F)c1C)OC(C)CC2. The van der Waals surface area contributed by atoms with E-state index in [1.807, 2.05) is 19.9 Å². The molecule has 1 nitrogen and oxygen atoms in total. The normalized spacial score (nSPS) is 20.1. The molecule has 1 heterocycles. The largest absolute Gasteiger partial charge is 0.487 e. The van der Waals surface area contributed by atoms with Crippen LogP contribution < -0.4 is 4.74 Å². The number of hydrogen-bond acceptors (Lipinski definition) is 1. The second-order valence-electron chi connectivity index (χ2n) is 4.09. The smallest absolute Gasteiger partial charge is 0.168 e. The Bertz CT molecular complexity index is 371. The molecule has 1 atom stereocenters. The molecule has 1 aromatic rings. The van der Waals surface area contributed by atoms with Gasteiger partial charge in [-0.15, -0.1) is 0 Å². The van der Waals surface area contributed by atoms with Gasteiger partial charge >= 0.3 is 0 Å². The molecule has 1 aliphatic rings. The molecule has 0 aromatic heterocycles. The Morgan fingerprint density at radius 1 is 1.43 bits per heavy atom. The lowest BCUT2D eigenvalue weighted by Crippen LogP contribution is -2.20. The molecule has 76 valence electrons. The van der Waals surface area contributed by atoms with Crippen molar-refractivity contribution in [2.45, 2.75) is 39.7 Å². The van der Waals surface area contributed by atoms with Gasteiger partial charge in [-0.25, -0.2) is 4.39 Å². The molecule has 0 bridgehead atoms. The van der Waals surface area contributed by atoms with E-state index >= 15 is 0 Å². The highest BCUT2D eigenvalue weighted by atomic mass is 19.1. The fraction of sp³-hybridized carbons (Fsp3) is 0.500. The topological polar surface area (TPSA) is 9.23 Å². The zero-order valence-electron chi connectivity index (χ0n) is 8.86. The third-order valence-corrected chi connectivity index (χ3v) is 2.94. The summed E-state index contributed by atoms with van der Waals surface area (Å²) in [6, 6.07) is 2.04. The summed E-state index contributed by atoms with van der Waals surface area (Å²) in [6.45, 7) is 5.72. The molecule has 0 radical (unpaired) electrons. The quantitative estimate of drug-likeness (QED) is 0.616. The van der Waals surface area contributed by atoms with Crippen LogP contribution in [0.3, 0.4) is 0 Å². The van der Waals surface area contributed by atoms with Crippen molar-refractivity contribution >= 4 is 0 Å². The molecule has 0 saturated heterocycles. The first kappa shape index (κ1) is 9.50. The summed E-state index contributed by atoms with van der Waals surface area (Å²) < 4.78 is 19.3. The lowest BCUT2D eigenvalue weighted by Gasteiger charge is -2.25. The molecular formula is C12H15FO. The van der Waals surface area contributed by atoms with E-state index in [0.29, 0.717) is 11.3 Å². The molecule has 0 amide bonds. The number of ether oxygens (including phenoxy) is 1. The lowest BCUT2D eigenvalue weighted by atomic mass is 9.97. The Morgan fingerprint density at radius 2 is 2.14 bits per heavy atom. The van der Waals surface area contributed by atoms with E-state index in [4.69, 9.17) is 4.74 Å². The highest BCUT2D eigenvalue weighted by Crippen LogP contribution is 2.33. The average molecular weight is 194 g/mol. The highest BCUT2D eigenvalue weighted by Gasteiger charge is 2.21. The van der Waals surface area contributed by atoms with Crippen molar-refractivity contribution in [3.05, 3.63) is 28.6 Å². The highest BCUT2D eigenvalue weighted by molar-refractivity contribution is 5.44. The number of halogens is 1. The van der Waals surface area contributed by atoms with Gasteiger partial charge in [0.2, 0.25) is 0 Å². The van der Waals surface area contributed by atoms with Crippen LogP contribution in [0.25, 0.3) is 0 Å². The predicted molar refractivity (Wildman–Crippen MR) is 54.3 cm³/mol. The van der Waals surface area contributed by atoms with Gasteiger partial charge in [-0.3, -0.25) is 0 Å². The number of hydrogen-bond donors (Lipinski definition) is 0. The molecule has 0 saturated carbocycles. The van der Waals surface area contributed by atoms with Gasteiger partial charge in [0.05, 0.1) is 6.10 Å². The van der Waals surface area contributed by atoms with E-state index in [2.05, 4.69) is 0 Å². The first-order valence-corrected chi connectivity index (χ1v) is 5.05. The van der Waals surface area contributed by atoms with E-state index in [-0.39, 0.29) is 11.9 Å². The van der Waals surface area contributed by atoms with E-state index in [9.17, 15) is 4.39 Å². The zero-order chi connectivity index (χ0) is 10.3. The van der Waals surface area contributed by atoms with Crippen LogP contribution in [-0.2, 0) is 6.42 Å². The summed E-state index contributed by atoms with van der Waals surface area (Å²) in [5.74, 6) is 0.304. The number of fused-ring (bicyclic) bond motifs is 1. The zero-order valence-corrected chi connectivity index (χ0v) is 8.86. The van der Waals surface area contributed by atoms with Crippen LogP contribution in [0.4, 0.5) is 4.39 Å². The van der Waals surface area contributed by atoms with Crippen molar-refractivity contribution in [1.29, 1.82) is 0 Å². The molecule has 14 heavy (non-hydrogen) atoms. The minimum atomic E-state index is -0.174. The molecule has 0 N–H and O–H groups in total. The third kappa shape index (κ3) is 1.39. The minimum Gasteiger partial charge on any atom is -0.487 e. The Balaban J connectivity index is 2.55. The maximum absolute atomic E-state index is 13.8. The maximum atomic E-state index is 13.8. The summed E-state index contributed by atoms with van der Waals surface area (Å²) in [7, 11) is 0. The number of aryl methyl sites for hydroxylation is 2. The summed E-state index contributed by atoms with van der Waals surface area (Å²) >= 11 is 0. The molecule has 1 aromatic carbocycles. The third-order valence-electron chi connectivity index (χ3n) is 2.94. The predicted octanol–water partition coefficient (Wildman–Crippen LogP) is 3.16. The van der Waals surface area contributed by atoms with Crippen LogP contribution in [0.1, 0.15) is 30.0 Å². The number of rotatable bonds is 0. The van der Waals surface area contributed by atoms with Crippen LogP contribution in [0.15, 0.2) is 6.07 Å². The van der Waals surface area contributed by atoms with Crippen molar-refractivity contribution in [3.63, 3.8) is 0 Å². The van der Waals surface area contributed by atoms with E-state index in [0.717, 1.165) is 24.0 Å². The van der Waals surface area contributed by atoms with Gasteiger partial charge in [0.1, 0.15) is 0 Å². The molecule has 0 spiro atoms. The van der Waals surface area contributed by atoms with Gasteiger partial charge in [0.15, 0.2) is 11.6 Å². The van der Waals surface area contributed by atoms with Crippen molar-refractivity contribution in [2.24, 2.45) is 0 Å². The summed E-state index contributed by atoms with van der Waals surface area (Å²) in [6.07, 6.45) is 2.04. The molecule has 1 aliphatic heterocycles. The number of benzene rings is 1. The molecule has 2 heteroatoms. The molecule has 0 aliphatic carbocycles. The Kier molecular flexibility index (Phi) is 2.22. The van der Waals surface area contributed by atoms with Crippen molar-refractivity contribution in [1.82, 2.24) is 0 Å². The van der Waals surface area contributed by atoms with Crippen LogP contribution in [0.5, 0.6) is 5.75 Å². The second-order valence-corrected chi connectivity index (χ2v) is 4.09. The monoisotopic (exact) mass is 194 g/mol. The lowest BCUT2D eigenvalue weighted by molar-refractivity contribution is 0.182. The van der Waals surface area contributed by atoms with E-state index in [1.54, 1.807) is 6.92 Å². The minimum absolute atomic E-state index is 0.138. The maximum Gasteiger partial charge on any atom is 0.168 e. The van der Waals surface area contributed by atoms with E-state index < -0.39 is 0 Å². The van der Waals surface area contributed by atoms with Gasteiger partial charge < -0.3 is 4.74 Å². The second kappa shape index (κ2) is 3.26. The van der Waals surface area contributed by atoms with Crippen LogP contribution >= 0.6 is 0 Å². The fourth-order valence-electron chi connectivity index (χ4n) is 1.85. The van der Waals surface area contributed by atoms with E-state index in [1.165, 1.54) is 0 Å². The Morgan fingerprint density at radius 3 is 2.86 bits per heavy atom. The Labute approximate surface area is 83.9 Å². The average Bonchev–Trinajstić information content (AvgIpc) is 2.16. The molecular weight excluding hydrogens is 179 g/mol. The van der Waals surface area contributed by atoms with Gasteiger partial charge in [-0.05, 0) is 50.3 Å². The van der Waals surface area contributed by atoms with Crippen LogP contribution in [0, 0.1) is 19.7 Å². The van der Waals surface area contributed by atoms with Crippen molar-refractivity contribution in [3.8, 4) is 5.75 Å². The van der Waals surface area contributed by atoms with Gasteiger partial charge in [-0.2, -0.15) is 0 Å². The first-order chi connectivity index (χ1) is 6.59. The van der Waals surface area contributed by atoms with Gasteiger partial charge in [-0.1, -0.05) is 6.07 Å². The van der Waals surface area contributed by atoms with Crippen LogP contribution in [0.2, 0.25) is 0 Å².